The second-order valence-electron chi connectivity index (χ2n) is 8.73. The van der Waals surface area contributed by atoms with Gasteiger partial charge in [0, 0.05) is 44.1 Å². The Kier molecular flexibility index (Phi) is 4.13. The minimum atomic E-state index is -0.902. The first kappa shape index (κ1) is 17.0. The van der Waals surface area contributed by atoms with Crippen LogP contribution in [0.2, 0.25) is 0 Å². The lowest BCUT2D eigenvalue weighted by Crippen LogP contribution is -2.62. The summed E-state index contributed by atoms with van der Waals surface area (Å²) in [6.07, 6.45) is 7.35. The number of halogens is 1. The molecule has 3 heterocycles. The quantitative estimate of drug-likeness (QED) is 0.821. The Hall–Kier alpha value is -1.43. The monoisotopic (exact) mass is 349 g/mol. The van der Waals surface area contributed by atoms with Gasteiger partial charge in [0.2, 0.25) is 5.91 Å². The Morgan fingerprint density at radius 2 is 2.08 bits per heavy atom. The summed E-state index contributed by atoms with van der Waals surface area (Å²) in [6.45, 7) is 6.31. The summed E-state index contributed by atoms with van der Waals surface area (Å²) in [5.41, 5.74) is -0.939. The fourth-order valence-corrected chi connectivity index (χ4v) is 4.38. The van der Waals surface area contributed by atoms with Crippen molar-refractivity contribution in [2.24, 2.45) is 16.7 Å². The fourth-order valence-electron chi connectivity index (χ4n) is 4.38. The number of rotatable bonds is 5. The van der Waals surface area contributed by atoms with Crippen LogP contribution in [0.3, 0.4) is 0 Å². The van der Waals surface area contributed by atoms with Gasteiger partial charge in [-0.05, 0) is 31.6 Å². The molecule has 1 unspecified atom stereocenters. The Morgan fingerprint density at radius 3 is 2.68 bits per heavy atom. The van der Waals surface area contributed by atoms with E-state index in [0.29, 0.717) is 32.6 Å². The zero-order chi connectivity index (χ0) is 17.7. The highest BCUT2D eigenvalue weighted by Crippen LogP contribution is 2.51. The van der Waals surface area contributed by atoms with Gasteiger partial charge in [-0.3, -0.25) is 4.79 Å². The van der Waals surface area contributed by atoms with E-state index < -0.39 is 12.1 Å². The largest absolute Gasteiger partial charge is 0.381 e. The number of aromatic nitrogens is 2. The first-order chi connectivity index (χ1) is 12.0. The van der Waals surface area contributed by atoms with Crippen LogP contribution in [-0.2, 0) is 16.1 Å². The molecule has 0 aromatic carbocycles. The van der Waals surface area contributed by atoms with E-state index in [2.05, 4.69) is 23.4 Å². The fraction of sp³-hybridized carbons (Fsp3) is 0.789. The smallest absolute Gasteiger partial charge is 0.232 e. The lowest BCUT2D eigenvalue weighted by molar-refractivity contribution is -0.171. The zero-order valence-corrected chi connectivity index (χ0v) is 15.2. The topological polar surface area (TPSA) is 47.4 Å². The molecule has 1 aliphatic carbocycles. The molecular weight excluding hydrogens is 321 g/mol. The van der Waals surface area contributed by atoms with Crippen LogP contribution in [-0.4, -0.2) is 46.8 Å². The lowest BCUT2D eigenvalue weighted by Gasteiger charge is -2.56. The summed E-state index contributed by atoms with van der Waals surface area (Å²) in [5.74, 6) is 1.65. The van der Waals surface area contributed by atoms with E-state index in [-0.39, 0.29) is 17.4 Å². The van der Waals surface area contributed by atoms with Crippen LogP contribution in [0.4, 0.5) is 4.39 Å². The maximum Gasteiger partial charge on any atom is 0.232 e. The van der Waals surface area contributed by atoms with Gasteiger partial charge in [0.25, 0.3) is 0 Å². The average Bonchev–Trinajstić information content (AvgIpc) is 3.32. The van der Waals surface area contributed by atoms with E-state index in [1.165, 1.54) is 12.8 Å². The normalized spacial score (nSPS) is 27.8. The molecule has 1 aromatic heterocycles. The van der Waals surface area contributed by atoms with E-state index in [9.17, 15) is 9.18 Å². The number of hydrogen-bond acceptors (Lipinski definition) is 3. The van der Waals surface area contributed by atoms with Gasteiger partial charge in [0.1, 0.15) is 12.5 Å². The van der Waals surface area contributed by atoms with Crippen molar-refractivity contribution in [2.75, 3.05) is 26.4 Å². The number of alkyl halides is 1. The molecule has 0 N–H and O–H groups in total. The van der Waals surface area contributed by atoms with Crippen LogP contribution in [0.25, 0.3) is 0 Å². The first-order valence-corrected chi connectivity index (χ1v) is 9.43. The van der Waals surface area contributed by atoms with Crippen LogP contribution >= 0.6 is 0 Å². The number of nitrogens with zero attached hydrogens (tertiary/aromatic N) is 3. The highest BCUT2D eigenvalue weighted by molar-refractivity contribution is 5.84. The summed E-state index contributed by atoms with van der Waals surface area (Å²) in [7, 11) is 0. The molecule has 0 bridgehead atoms. The van der Waals surface area contributed by atoms with Crippen molar-refractivity contribution in [3.05, 3.63) is 18.2 Å². The van der Waals surface area contributed by atoms with Crippen LogP contribution < -0.4 is 0 Å². The SMILES string of the molecule is CC1(C)CN(C(=O)C2(CF)CCOCC2)C1c1nccn1CC1CC1. The predicted octanol–water partition coefficient (Wildman–Crippen LogP) is 2.97. The van der Waals surface area contributed by atoms with E-state index in [0.717, 1.165) is 18.3 Å². The molecule has 138 valence electrons. The number of imidazole rings is 1. The highest BCUT2D eigenvalue weighted by atomic mass is 19.1. The van der Waals surface area contributed by atoms with Crippen molar-refractivity contribution in [3.8, 4) is 0 Å². The molecule has 0 spiro atoms. The summed E-state index contributed by atoms with van der Waals surface area (Å²) < 4.78 is 21.5. The van der Waals surface area contributed by atoms with Crippen molar-refractivity contribution in [1.29, 1.82) is 0 Å². The third-order valence-electron chi connectivity index (χ3n) is 6.19. The third-order valence-corrected chi connectivity index (χ3v) is 6.19. The molecular formula is C19H28FN3O2. The molecule has 3 aliphatic rings. The molecule has 2 aliphatic heterocycles. The molecule has 25 heavy (non-hydrogen) atoms. The number of likely N-dealkylation sites (tertiary alicyclic amines) is 1. The Balaban J connectivity index is 1.59. The van der Waals surface area contributed by atoms with Gasteiger partial charge in [-0.15, -0.1) is 0 Å². The van der Waals surface area contributed by atoms with Gasteiger partial charge in [-0.1, -0.05) is 13.8 Å². The molecule has 1 amide bonds. The van der Waals surface area contributed by atoms with Gasteiger partial charge in [0.15, 0.2) is 0 Å². The van der Waals surface area contributed by atoms with Crippen LogP contribution in [0.5, 0.6) is 0 Å². The van der Waals surface area contributed by atoms with Crippen LogP contribution in [0.1, 0.15) is 51.4 Å². The molecule has 0 radical (unpaired) electrons. The van der Waals surface area contributed by atoms with Gasteiger partial charge < -0.3 is 14.2 Å². The molecule has 4 rings (SSSR count). The first-order valence-electron chi connectivity index (χ1n) is 9.43. The minimum Gasteiger partial charge on any atom is -0.381 e. The minimum absolute atomic E-state index is 0.0367. The third kappa shape index (κ3) is 2.88. The van der Waals surface area contributed by atoms with Crippen molar-refractivity contribution in [3.63, 3.8) is 0 Å². The standard InChI is InChI=1S/C19H28FN3O2/c1-18(2)13-23(17(24)19(12-20)5-9-25-10-6-19)15(18)16-21-7-8-22(16)11-14-3-4-14/h7-8,14-15H,3-6,9-13H2,1-2H3. The molecule has 1 saturated carbocycles. The molecule has 6 heteroatoms. The summed E-state index contributed by atoms with van der Waals surface area (Å²) in [4.78, 5) is 19.7. The van der Waals surface area contributed by atoms with Crippen molar-refractivity contribution >= 4 is 5.91 Å². The van der Waals surface area contributed by atoms with E-state index >= 15 is 0 Å². The number of amides is 1. The second-order valence-corrected chi connectivity index (χ2v) is 8.73. The Bertz CT molecular complexity index is 647. The zero-order valence-electron chi connectivity index (χ0n) is 15.2. The van der Waals surface area contributed by atoms with Crippen LogP contribution in [0, 0.1) is 16.7 Å². The van der Waals surface area contributed by atoms with Crippen molar-refractivity contribution in [2.45, 2.75) is 52.1 Å². The Labute approximate surface area is 148 Å². The van der Waals surface area contributed by atoms with Crippen molar-refractivity contribution in [1.82, 2.24) is 14.5 Å². The van der Waals surface area contributed by atoms with Gasteiger partial charge in [0.05, 0.1) is 11.5 Å². The van der Waals surface area contributed by atoms with Gasteiger partial charge in [-0.2, -0.15) is 0 Å². The number of carbonyl (C=O) groups excluding carboxylic acids is 1. The summed E-state index contributed by atoms with van der Waals surface area (Å²) in [6, 6.07) is -0.0694. The van der Waals surface area contributed by atoms with E-state index in [4.69, 9.17) is 4.74 Å². The van der Waals surface area contributed by atoms with E-state index in [1.807, 2.05) is 17.3 Å². The molecule has 1 aromatic rings. The number of carbonyl (C=O) groups is 1. The van der Waals surface area contributed by atoms with Gasteiger partial charge in [-0.25, -0.2) is 9.37 Å². The molecule has 1 atom stereocenters. The maximum absolute atomic E-state index is 13.9. The maximum atomic E-state index is 13.9. The highest BCUT2D eigenvalue weighted by Gasteiger charge is 2.55. The average molecular weight is 349 g/mol. The number of hydrogen-bond donors (Lipinski definition) is 0. The summed E-state index contributed by atoms with van der Waals surface area (Å²) in [5, 5.41) is 0. The van der Waals surface area contributed by atoms with E-state index in [1.54, 1.807) is 0 Å². The van der Waals surface area contributed by atoms with Gasteiger partial charge >= 0.3 is 0 Å². The summed E-state index contributed by atoms with van der Waals surface area (Å²) >= 11 is 0. The second kappa shape index (κ2) is 6.08. The lowest BCUT2D eigenvalue weighted by atomic mass is 9.71. The van der Waals surface area contributed by atoms with Crippen LogP contribution in [0.15, 0.2) is 12.4 Å². The van der Waals surface area contributed by atoms with Crippen molar-refractivity contribution < 1.29 is 13.9 Å². The number of ether oxygens (including phenoxy) is 1. The molecule has 5 nitrogen and oxygen atoms in total. The Morgan fingerprint density at radius 1 is 1.36 bits per heavy atom. The molecule has 3 fully saturated rings. The predicted molar refractivity (Wildman–Crippen MR) is 91.6 cm³/mol. The molecule has 2 saturated heterocycles.